The molecule has 6 heteroatoms. The fourth-order valence-corrected chi connectivity index (χ4v) is 3.07. The molecule has 0 aliphatic carbocycles. The molecule has 25 heavy (non-hydrogen) atoms. The predicted molar refractivity (Wildman–Crippen MR) is 103 cm³/mol. The lowest BCUT2D eigenvalue weighted by molar-refractivity contribution is 0.640. The van der Waals surface area contributed by atoms with Crippen LogP contribution in [0.2, 0.25) is 0 Å². The molecular weight excluding hydrogens is 312 g/mol. The Morgan fingerprint density at radius 3 is 2.44 bits per heavy atom. The van der Waals surface area contributed by atoms with E-state index in [2.05, 4.69) is 44.1 Å². The molecule has 0 unspecified atom stereocenters. The Balaban J connectivity index is 1.60. The zero-order chi connectivity index (χ0) is 17.5. The summed E-state index contributed by atoms with van der Waals surface area (Å²) in [6.45, 7) is 8.99. The van der Waals surface area contributed by atoms with Crippen LogP contribution < -0.4 is 15.1 Å². The molecule has 3 heterocycles. The van der Waals surface area contributed by atoms with Crippen LogP contribution in [0.1, 0.15) is 31.9 Å². The lowest BCUT2D eigenvalue weighted by atomic mass is 10.2. The van der Waals surface area contributed by atoms with Crippen LogP contribution in [0, 0.1) is 6.92 Å². The van der Waals surface area contributed by atoms with Gasteiger partial charge < -0.3 is 15.1 Å². The second-order valence-electron chi connectivity index (χ2n) is 6.49. The molecule has 1 N–H and O–H groups in total. The maximum absolute atomic E-state index is 4.72. The Kier molecular flexibility index (Phi) is 6.04. The fourth-order valence-electron chi connectivity index (χ4n) is 3.07. The number of piperazine rings is 1. The summed E-state index contributed by atoms with van der Waals surface area (Å²) in [6.07, 6.45) is 5.47. The highest BCUT2D eigenvalue weighted by Crippen LogP contribution is 2.19. The first-order valence-electron chi connectivity index (χ1n) is 9.27. The average Bonchev–Trinajstić information content (AvgIpc) is 2.66. The molecule has 0 aromatic carbocycles. The number of aromatic nitrogens is 3. The molecule has 1 aliphatic rings. The van der Waals surface area contributed by atoms with Crippen LogP contribution in [0.3, 0.4) is 0 Å². The van der Waals surface area contributed by atoms with Gasteiger partial charge in [-0.25, -0.2) is 9.97 Å². The highest BCUT2D eigenvalue weighted by Gasteiger charge is 2.19. The highest BCUT2D eigenvalue weighted by molar-refractivity contribution is 5.48. The summed E-state index contributed by atoms with van der Waals surface area (Å²) < 4.78 is 0. The van der Waals surface area contributed by atoms with Gasteiger partial charge in [-0.1, -0.05) is 25.8 Å². The second-order valence-corrected chi connectivity index (χ2v) is 6.49. The molecule has 2 aromatic rings. The van der Waals surface area contributed by atoms with Crippen LogP contribution in [0.15, 0.2) is 30.5 Å². The van der Waals surface area contributed by atoms with Gasteiger partial charge in [0.05, 0.1) is 0 Å². The van der Waals surface area contributed by atoms with Crippen molar-refractivity contribution in [3.05, 3.63) is 36.2 Å². The number of unbranched alkanes of at least 4 members (excludes halogenated alkanes) is 2. The van der Waals surface area contributed by atoms with Crippen LogP contribution in [-0.2, 0) is 0 Å². The smallest absolute Gasteiger partial charge is 0.224 e. The largest absolute Gasteiger partial charge is 0.354 e. The summed E-state index contributed by atoms with van der Waals surface area (Å²) >= 11 is 0. The number of hydrogen-bond acceptors (Lipinski definition) is 6. The molecule has 0 bridgehead atoms. The van der Waals surface area contributed by atoms with Crippen molar-refractivity contribution in [3.8, 4) is 0 Å². The van der Waals surface area contributed by atoms with E-state index in [1.807, 2.05) is 25.3 Å². The first-order valence-corrected chi connectivity index (χ1v) is 9.27. The van der Waals surface area contributed by atoms with Crippen molar-refractivity contribution >= 4 is 17.6 Å². The molecule has 134 valence electrons. The second kappa shape index (κ2) is 8.65. The van der Waals surface area contributed by atoms with Crippen molar-refractivity contribution in [1.29, 1.82) is 0 Å². The van der Waals surface area contributed by atoms with Crippen LogP contribution in [-0.4, -0.2) is 47.7 Å². The topological polar surface area (TPSA) is 57.2 Å². The summed E-state index contributed by atoms with van der Waals surface area (Å²) in [5.74, 6) is 2.82. The summed E-state index contributed by atoms with van der Waals surface area (Å²) in [5, 5.41) is 3.37. The Morgan fingerprint density at radius 2 is 1.76 bits per heavy atom. The third-order valence-electron chi connectivity index (χ3n) is 4.48. The van der Waals surface area contributed by atoms with Gasteiger partial charge in [0.15, 0.2) is 0 Å². The van der Waals surface area contributed by atoms with Gasteiger partial charge in [-0.2, -0.15) is 4.98 Å². The molecular formula is C19H28N6. The molecule has 6 nitrogen and oxygen atoms in total. The van der Waals surface area contributed by atoms with Gasteiger partial charge >= 0.3 is 0 Å². The van der Waals surface area contributed by atoms with Crippen molar-refractivity contribution in [2.45, 2.75) is 33.1 Å². The number of pyridine rings is 1. The summed E-state index contributed by atoms with van der Waals surface area (Å²) in [7, 11) is 0. The monoisotopic (exact) mass is 340 g/mol. The SMILES string of the molecule is CCCCCNc1nc(C)cc(N2CCN(c3ccccn3)CC2)n1. The van der Waals surface area contributed by atoms with Crippen LogP contribution in [0.25, 0.3) is 0 Å². The zero-order valence-corrected chi connectivity index (χ0v) is 15.3. The molecule has 1 aliphatic heterocycles. The summed E-state index contributed by atoms with van der Waals surface area (Å²) in [5.41, 5.74) is 1.01. The lowest BCUT2D eigenvalue weighted by Crippen LogP contribution is -2.47. The van der Waals surface area contributed by atoms with E-state index in [4.69, 9.17) is 4.98 Å². The van der Waals surface area contributed by atoms with E-state index in [9.17, 15) is 0 Å². The predicted octanol–water partition coefficient (Wildman–Crippen LogP) is 3.11. The van der Waals surface area contributed by atoms with Gasteiger partial charge in [0.1, 0.15) is 11.6 Å². The van der Waals surface area contributed by atoms with Crippen LogP contribution >= 0.6 is 0 Å². The number of nitrogens with one attached hydrogen (secondary N) is 1. The van der Waals surface area contributed by atoms with Crippen molar-refractivity contribution in [2.75, 3.05) is 47.8 Å². The number of aryl methyl sites for hydroxylation is 1. The molecule has 2 aromatic heterocycles. The van der Waals surface area contributed by atoms with E-state index in [0.717, 1.165) is 62.4 Å². The van der Waals surface area contributed by atoms with Gasteiger partial charge in [0.25, 0.3) is 0 Å². The maximum Gasteiger partial charge on any atom is 0.224 e. The van der Waals surface area contributed by atoms with Crippen LogP contribution in [0.4, 0.5) is 17.6 Å². The standard InChI is InChI=1S/C19H28N6/c1-3-4-6-10-21-19-22-16(2)15-18(23-19)25-13-11-24(12-14-25)17-8-5-7-9-20-17/h5,7-9,15H,3-4,6,10-14H2,1-2H3,(H,21,22,23). The molecule has 1 saturated heterocycles. The number of nitrogens with zero attached hydrogens (tertiary/aromatic N) is 5. The first kappa shape index (κ1) is 17.5. The zero-order valence-electron chi connectivity index (χ0n) is 15.3. The minimum Gasteiger partial charge on any atom is -0.354 e. The van der Waals surface area contributed by atoms with Gasteiger partial charge in [-0.15, -0.1) is 0 Å². The van der Waals surface area contributed by atoms with Gasteiger partial charge in [-0.3, -0.25) is 0 Å². The van der Waals surface area contributed by atoms with Gasteiger partial charge in [0.2, 0.25) is 5.95 Å². The Labute approximate surface area is 150 Å². The third-order valence-corrected chi connectivity index (χ3v) is 4.48. The van der Waals surface area contributed by atoms with E-state index < -0.39 is 0 Å². The van der Waals surface area contributed by atoms with E-state index >= 15 is 0 Å². The number of hydrogen-bond donors (Lipinski definition) is 1. The summed E-state index contributed by atoms with van der Waals surface area (Å²) in [4.78, 5) is 18.4. The van der Waals surface area contributed by atoms with E-state index in [0.29, 0.717) is 0 Å². The molecule has 0 saturated carbocycles. The van der Waals surface area contributed by atoms with E-state index in [-0.39, 0.29) is 0 Å². The first-order chi connectivity index (χ1) is 12.3. The number of rotatable bonds is 7. The van der Waals surface area contributed by atoms with E-state index in [1.165, 1.54) is 12.8 Å². The molecule has 1 fully saturated rings. The molecule has 3 rings (SSSR count). The van der Waals surface area contributed by atoms with Crippen LogP contribution in [0.5, 0.6) is 0 Å². The molecule has 0 spiro atoms. The average molecular weight is 340 g/mol. The molecule has 0 amide bonds. The van der Waals surface area contributed by atoms with Crippen molar-refractivity contribution in [2.24, 2.45) is 0 Å². The van der Waals surface area contributed by atoms with Gasteiger partial charge in [0, 0.05) is 50.7 Å². The Bertz CT molecular complexity index is 652. The number of anilines is 3. The summed E-state index contributed by atoms with van der Waals surface area (Å²) in [6, 6.07) is 8.15. The quantitative estimate of drug-likeness (QED) is 0.782. The molecule has 0 radical (unpaired) electrons. The Morgan fingerprint density at radius 1 is 1.00 bits per heavy atom. The molecule has 0 atom stereocenters. The lowest BCUT2D eigenvalue weighted by Gasteiger charge is -2.36. The van der Waals surface area contributed by atoms with Gasteiger partial charge in [-0.05, 0) is 25.5 Å². The minimum atomic E-state index is 0.748. The normalized spacial score (nSPS) is 14.6. The minimum absolute atomic E-state index is 0.748. The highest BCUT2D eigenvalue weighted by atomic mass is 15.3. The van der Waals surface area contributed by atoms with Crippen molar-refractivity contribution in [3.63, 3.8) is 0 Å². The van der Waals surface area contributed by atoms with Crippen molar-refractivity contribution < 1.29 is 0 Å². The third kappa shape index (κ3) is 4.81. The Hall–Kier alpha value is -2.37. The van der Waals surface area contributed by atoms with E-state index in [1.54, 1.807) is 0 Å². The van der Waals surface area contributed by atoms with Crippen molar-refractivity contribution in [1.82, 2.24) is 15.0 Å². The maximum atomic E-state index is 4.72. The fraction of sp³-hybridized carbons (Fsp3) is 0.526.